The first-order valence-electron chi connectivity index (χ1n) is 5.47. The molecule has 0 aliphatic rings. The minimum atomic E-state index is -0.397. The lowest BCUT2D eigenvalue weighted by Gasteiger charge is -2.06. The number of nitro benzene ring substituents is 1. The van der Waals surface area contributed by atoms with Gasteiger partial charge in [-0.05, 0) is 12.1 Å². The first kappa shape index (κ1) is 15.0. The Balaban J connectivity index is 2.45. The van der Waals surface area contributed by atoms with Gasteiger partial charge in [-0.1, -0.05) is 15.9 Å². The van der Waals surface area contributed by atoms with Crippen LogP contribution in [-0.2, 0) is 11.3 Å². The quantitative estimate of drug-likeness (QED) is 0.430. The number of nitrogens with zero attached hydrogens (tertiary/aromatic N) is 1. The van der Waals surface area contributed by atoms with Crippen molar-refractivity contribution < 1.29 is 14.8 Å². The highest BCUT2D eigenvalue weighted by Gasteiger charge is 2.12. The van der Waals surface area contributed by atoms with Crippen molar-refractivity contribution in [3.63, 3.8) is 0 Å². The van der Waals surface area contributed by atoms with E-state index in [0.29, 0.717) is 31.9 Å². The second-order valence-corrected chi connectivity index (χ2v) is 4.46. The van der Waals surface area contributed by atoms with Crippen LogP contribution < -0.4 is 5.32 Å². The summed E-state index contributed by atoms with van der Waals surface area (Å²) >= 11 is 3.29. The highest BCUT2D eigenvalue weighted by molar-refractivity contribution is 9.10. The molecule has 2 N–H and O–H groups in total. The van der Waals surface area contributed by atoms with Crippen LogP contribution in [0.5, 0.6) is 0 Å². The highest BCUT2D eigenvalue weighted by Crippen LogP contribution is 2.22. The maximum Gasteiger partial charge on any atom is 0.273 e. The van der Waals surface area contributed by atoms with E-state index in [1.807, 2.05) is 0 Å². The summed E-state index contributed by atoms with van der Waals surface area (Å²) in [7, 11) is 0. The number of hydrogen-bond donors (Lipinski definition) is 2. The Morgan fingerprint density at radius 1 is 1.44 bits per heavy atom. The zero-order valence-corrected chi connectivity index (χ0v) is 11.4. The molecule has 0 heterocycles. The van der Waals surface area contributed by atoms with E-state index in [9.17, 15) is 10.1 Å². The van der Waals surface area contributed by atoms with E-state index < -0.39 is 4.92 Å². The molecule has 6 nitrogen and oxygen atoms in total. The SMILES string of the molecule is O=[N+]([O-])c1ccc(Br)cc1CNCCOCCO. The number of hydrogen-bond acceptors (Lipinski definition) is 5. The number of benzene rings is 1. The van der Waals surface area contributed by atoms with Crippen molar-refractivity contribution in [1.29, 1.82) is 0 Å². The average molecular weight is 319 g/mol. The summed E-state index contributed by atoms with van der Waals surface area (Å²) in [6.07, 6.45) is 0. The first-order chi connectivity index (χ1) is 8.65. The molecule has 0 aliphatic carbocycles. The highest BCUT2D eigenvalue weighted by atomic mass is 79.9. The number of halogens is 1. The zero-order chi connectivity index (χ0) is 13.4. The molecule has 0 aliphatic heterocycles. The van der Waals surface area contributed by atoms with Crippen LogP contribution in [0.3, 0.4) is 0 Å². The normalized spacial score (nSPS) is 10.6. The maximum atomic E-state index is 10.8. The lowest BCUT2D eigenvalue weighted by atomic mass is 10.2. The van der Waals surface area contributed by atoms with Crippen molar-refractivity contribution in [2.75, 3.05) is 26.4 Å². The lowest BCUT2D eigenvalue weighted by molar-refractivity contribution is -0.385. The summed E-state index contributed by atoms with van der Waals surface area (Å²) in [5.74, 6) is 0. The molecule has 1 rings (SSSR count). The molecule has 0 atom stereocenters. The number of nitrogens with one attached hydrogen (secondary N) is 1. The third-order valence-corrected chi connectivity index (χ3v) is 2.71. The maximum absolute atomic E-state index is 10.8. The molecule has 18 heavy (non-hydrogen) atoms. The molecule has 0 amide bonds. The summed E-state index contributed by atoms with van der Waals surface area (Å²) in [4.78, 5) is 10.4. The summed E-state index contributed by atoms with van der Waals surface area (Å²) in [5, 5.41) is 22.4. The molecule has 1 aromatic carbocycles. The largest absolute Gasteiger partial charge is 0.394 e. The molecular formula is C11H15BrN2O4. The molecule has 0 aromatic heterocycles. The zero-order valence-electron chi connectivity index (χ0n) is 9.76. The van der Waals surface area contributed by atoms with Gasteiger partial charge in [-0.25, -0.2) is 0 Å². The van der Waals surface area contributed by atoms with Crippen LogP contribution in [0, 0.1) is 10.1 Å². The third-order valence-electron chi connectivity index (χ3n) is 2.21. The summed E-state index contributed by atoms with van der Waals surface area (Å²) in [6, 6.07) is 4.84. The fourth-order valence-corrected chi connectivity index (χ4v) is 1.82. The van der Waals surface area contributed by atoms with Gasteiger partial charge in [0.2, 0.25) is 0 Å². The predicted molar refractivity (Wildman–Crippen MR) is 70.4 cm³/mol. The smallest absolute Gasteiger partial charge is 0.273 e. The molecule has 100 valence electrons. The van der Waals surface area contributed by atoms with E-state index in [4.69, 9.17) is 9.84 Å². The second kappa shape index (κ2) is 8.15. The van der Waals surface area contributed by atoms with E-state index in [1.165, 1.54) is 6.07 Å². The molecule has 0 bridgehead atoms. The summed E-state index contributed by atoms with van der Waals surface area (Å²) in [5.41, 5.74) is 0.721. The first-order valence-corrected chi connectivity index (χ1v) is 6.26. The van der Waals surface area contributed by atoms with Crippen molar-refractivity contribution >= 4 is 21.6 Å². The van der Waals surface area contributed by atoms with Crippen molar-refractivity contribution in [2.45, 2.75) is 6.54 Å². The van der Waals surface area contributed by atoms with Crippen molar-refractivity contribution in [3.05, 3.63) is 38.3 Å². The number of nitro groups is 1. The second-order valence-electron chi connectivity index (χ2n) is 3.54. The van der Waals surface area contributed by atoms with Gasteiger partial charge in [-0.15, -0.1) is 0 Å². The molecule has 0 unspecified atom stereocenters. The third kappa shape index (κ3) is 5.09. The van der Waals surface area contributed by atoms with Crippen LogP contribution in [0.2, 0.25) is 0 Å². The Labute approximate surface area is 113 Å². The van der Waals surface area contributed by atoms with Crippen molar-refractivity contribution in [2.24, 2.45) is 0 Å². The molecule has 0 saturated heterocycles. The van der Waals surface area contributed by atoms with E-state index in [-0.39, 0.29) is 12.3 Å². The van der Waals surface area contributed by atoms with Crippen molar-refractivity contribution in [3.8, 4) is 0 Å². The Morgan fingerprint density at radius 2 is 2.22 bits per heavy atom. The molecule has 0 fully saturated rings. The summed E-state index contributed by atoms with van der Waals surface area (Å²) < 4.78 is 5.87. The number of ether oxygens (including phenoxy) is 1. The van der Waals surface area contributed by atoms with Crippen LogP contribution in [-0.4, -0.2) is 36.4 Å². The van der Waals surface area contributed by atoms with E-state index >= 15 is 0 Å². The Kier molecular flexibility index (Phi) is 6.81. The Bertz CT molecular complexity index is 401. The van der Waals surface area contributed by atoms with Crippen LogP contribution >= 0.6 is 15.9 Å². The van der Waals surface area contributed by atoms with Crippen LogP contribution in [0.25, 0.3) is 0 Å². The number of aliphatic hydroxyl groups is 1. The lowest BCUT2D eigenvalue weighted by Crippen LogP contribution is -2.20. The number of rotatable bonds is 8. The monoisotopic (exact) mass is 318 g/mol. The molecule has 0 saturated carbocycles. The van der Waals surface area contributed by atoms with Crippen LogP contribution in [0.4, 0.5) is 5.69 Å². The molecule has 0 spiro atoms. The fourth-order valence-electron chi connectivity index (χ4n) is 1.41. The predicted octanol–water partition coefficient (Wildman–Crippen LogP) is 1.46. The molecule has 7 heteroatoms. The van der Waals surface area contributed by atoms with Gasteiger partial charge in [-0.2, -0.15) is 0 Å². The Morgan fingerprint density at radius 3 is 2.89 bits per heavy atom. The van der Waals surface area contributed by atoms with Gasteiger partial charge in [-0.3, -0.25) is 10.1 Å². The molecular weight excluding hydrogens is 304 g/mol. The van der Waals surface area contributed by atoms with Gasteiger partial charge in [0.05, 0.1) is 24.7 Å². The van der Waals surface area contributed by atoms with E-state index in [1.54, 1.807) is 12.1 Å². The molecule has 0 radical (unpaired) electrons. The number of aliphatic hydroxyl groups excluding tert-OH is 1. The van der Waals surface area contributed by atoms with Gasteiger partial charge in [0, 0.05) is 29.2 Å². The van der Waals surface area contributed by atoms with E-state index in [2.05, 4.69) is 21.2 Å². The average Bonchev–Trinajstić information content (AvgIpc) is 2.33. The van der Waals surface area contributed by atoms with Gasteiger partial charge in [0.1, 0.15) is 0 Å². The Hall–Kier alpha value is -1.02. The van der Waals surface area contributed by atoms with Gasteiger partial charge < -0.3 is 15.2 Å². The fraction of sp³-hybridized carbons (Fsp3) is 0.455. The minimum absolute atomic E-state index is 0.00287. The van der Waals surface area contributed by atoms with Gasteiger partial charge in [0.25, 0.3) is 5.69 Å². The van der Waals surface area contributed by atoms with Crippen LogP contribution in [0.15, 0.2) is 22.7 Å². The minimum Gasteiger partial charge on any atom is -0.394 e. The topological polar surface area (TPSA) is 84.6 Å². The summed E-state index contributed by atoms with van der Waals surface area (Å²) in [6.45, 7) is 1.74. The van der Waals surface area contributed by atoms with Gasteiger partial charge in [0.15, 0.2) is 0 Å². The van der Waals surface area contributed by atoms with Crippen LogP contribution in [0.1, 0.15) is 5.56 Å². The van der Waals surface area contributed by atoms with Gasteiger partial charge >= 0.3 is 0 Å². The van der Waals surface area contributed by atoms with E-state index in [0.717, 1.165) is 4.47 Å². The molecule has 1 aromatic rings. The standard InChI is InChI=1S/C11H15BrN2O4/c12-10-1-2-11(14(16)17)9(7-10)8-13-3-5-18-6-4-15/h1-2,7,13,15H,3-6,8H2. The van der Waals surface area contributed by atoms with Crippen molar-refractivity contribution in [1.82, 2.24) is 5.32 Å².